The molecule has 1 aromatic heterocycles. The van der Waals surface area contributed by atoms with E-state index in [2.05, 4.69) is 10.3 Å². The van der Waals surface area contributed by atoms with Crippen LogP contribution in [0.1, 0.15) is 25.6 Å². The Bertz CT molecular complexity index is 1210. The van der Waals surface area contributed by atoms with E-state index in [1.54, 1.807) is 42.1 Å². The molecule has 1 heterocycles. The van der Waals surface area contributed by atoms with Crippen LogP contribution in [0.4, 0.5) is 4.39 Å². The molecule has 3 aromatic rings. The maximum Gasteiger partial charge on any atom is 0.242 e. The normalized spacial score (nSPS) is 11.9. The second-order valence-corrected chi connectivity index (χ2v) is 11.0. The highest BCUT2D eigenvalue weighted by Crippen LogP contribution is 2.23. The molecule has 1 amide bonds. The van der Waals surface area contributed by atoms with Crippen molar-refractivity contribution in [1.82, 2.24) is 19.2 Å². The zero-order chi connectivity index (χ0) is 24.0. The summed E-state index contributed by atoms with van der Waals surface area (Å²) in [6, 6.07) is 11.3. The first-order valence-electron chi connectivity index (χ1n) is 10.8. The third-order valence-corrected chi connectivity index (χ3v) is 8.10. The van der Waals surface area contributed by atoms with Crippen LogP contribution in [0.2, 0.25) is 0 Å². The predicted molar refractivity (Wildman–Crippen MR) is 129 cm³/mol. The Morgan fingerprint density at radius 1 is 1.18 bits per heavy atom. The number of carbonyl (C=O) groups is 1. The van der Waals surface area contributed by atoms with Crippen molar-refractivity contribution in [3.63, 3.8) is 0 Å². The molecule has 0 atom stereocenters. The van der Waals surface area contributed by atoms with E-state index in [-0.39, 0.29) is 16.6 Å². The van der Waals surface area contributed by atoms with Crippen LogP contribution in [-0.2, 0) is 27.8 Å². The van der Waals surface area contributed by atoms with Crippen molar-refractivity contribution >= 4 is 38.7 Å². The number of nitrogens with one attached hydrogen (secondary N) is 1. The maximum absolute atomic E-state index is 12.9. The fourth-order valence-corrected chi connectivity index (χ4v) is 5.18. The van der Waals surface area contributed by atoms with Crippen LogP contribution in [0.5, 0.6) is 0 Å². The van der Waals surface area contributed by atoms with Gasteiger partial charge in [-0.1, -0.05) is 0 Å². The van der Waals surface area contributed by atoms with Crippen molar-refractivity contribution in [2.45, 2.75) is 42.5 Å². The van der Waals surface area contributed by atoms with Gasteiger partial charge in [0.1, 0.15) is 11.6 Å². The Kier molecular flexibility index (Phi) is 8.50. The molecule has 0 saturated carbocycles. The van der Waals surface area contributed by atoms with E-state index in [1.165, 1.54) is 30.5 Å². The van der Waals surface area contributed by atoms with E-state index in [9.17, 15) is 17.6 Å². The van der Waals surface area contributed by atoms with E-state index >= 15 is 0 Å². The molecule has 2 aromatic carbocycles. The number of carbonyl (C=O) groups excluding carboxylic acids is 1. The second-order valence-electron chi connectivity index (χ2n) is 7.72. The molecule has 178 valence electrons. The number of benzene rings is 2. The average Bonchev–Trinajstić information content (AvgIpc) is 3.15. The Hall–Kier alpha value is -2.43. The number of sulfonamides is 1. The summed E-state index contributed by atoms with van der Waals surface area (Å²) in [4.78, 5) is 18.1. The number of imidazole rings is 1. The minimum atomic E-state index is -3.54. The highest BCUT2D eigenvalue weighted by Gasteiger charge is 2.19. The van der Waals surface area contributed by atoms with Gasteiger partial charge < -0.3 is 9.88 Å². The van der Waals surface area contributed by atoms with Crippen LogP contribution in [0.15, 0.2) is 52.3 Å². The lowest BCUT2D eigenvalue weighted by molar-refractivity contribution is -0.121. The highest BCUT2D eigenvalue weighted by atomic mass is 32.2. The zero-order valence-corrected chi connectivity index (χ0v) is 20.7. The van der Waals surface area contributed by atoms with E-state index < -0.39 is 10.0 Å². The Morgan fingerprint density at radius 3 is 2.58 bits per heavy atom. The number of thioether (sulfide) groups is 1. The lowest BCUT2D eigenvalue weighted by Gasteiger charge is -2.11. The van der Waals surface area contributed by atoms with Gasteiger partial charge in [-0.15, -0.1) is 11.8 Å². The minimum Gasteiger partial charge on any atom is -0.356 e. The first-order chi connectivity index (χ1) is 15.7. The smallest absolute Gasteiger partial charge is 0.242 e. The van der Waals surface area contributed by atoms with Gasteiger partial charge in [0.25, 0.3) is 0 Å². The summed E-state index contributed by atoms with van der Waals surface area (Å²) in [6.45, 7) is 3.24. The van der Waals surface area contributed by atoms with Gasteiger partial charge in [0.15, 0.2) is 0 Å². The van der Waals surface area contributed by atoms with Gasteiger partial charge in [-0.25, -0.2) is 22.1 Å². The van der Waals surface area contributed by atoms with E-state index in [4.69, 9.17) is 0 Å². The number of halogens is 1. The Labute approximate surface area is 198 Å². The first-order valence-corrected chi connectivity index (χ1v) is 13.2. The summed E-state index contributed by atoms with van der Waals surface area (Å²) < 4.78 is 40.9. The largest absolute Gasteiger partial charge is 0.356 e. The van der Waals surface area contributed by atoms with Crippen molar-refractivity contribution in [2.24, 2.45) is 0 Å². The Morgan fingerprint density at radius 2 is 1.91 bits per heavy atom. The lowest BCUT2D eigenvalue weighted by atomic mass is 10.2. The number of nitrogens with zero attached hydrogens (tertiary/aromatic N) is 3. The van der Waals surface area contributed by atoms with Crippen LogP contribution in [0, 0.1) is 5.82 Å². The molecular weight excluding hydrogens is 463 g/mol. The van der Waals surface area contributed by atoms with Crippen molar-refractivity contribution in [3.8, 4) is 0 Å². The van der Waals surface area contributed by atoms with Gasteiger partial charge in [0.2, 0.25) is 15.9 Å². The summed E-state index contributed by atoms with van der Waals surface area (Å²) in [5, 5.41) is 2.93. The van der Waals surface area contributed by atoms with Crippen molar-refractivity contribution < 1.29 is 17.6 Å². The molecule has 7 nitrogen and oxygen atoms in total. The first kappa shape index (κ1) is 25.2. The molecule has 0 aliphatic carbocycles. The zero-order valence-electron chi connectivity index (χ0n) is 19.0. The standard InChI is InChI=1S/C23H29FN4O3S2/c1-4-28-21-11-10-19(33(30,31)27(2)3)16-20(21)26-22(28)12-13-23(29)25-14-5-15-32-18-8-6-17(24)7-9-18/h6-11,16H,4-5,12-15H2,1-3H3,(H,25,29). The number of rotatable bonds is 11. The maximum atomic E-state index is 12.9. The van der Waals surface area contributed by atoms with E-state index in [0.717, 1.165) is 28.4 Å². The molecular formula is C23H29FN4O3S2. The third-order valence-electron chi connectivity index (χ3n) is 5.19. The number of aromatic nitrogens is 2. The summed E-state index contributed by atoms with van der Waals surface area (Å²) in [5.74, 6) is 1.29. The molecule has 0 radical (unpaired) electrons. The third kappa shape index (κ3) is 6.33. The summed E-state index contributed by atoms with van der Waals surface area (Å²) in [5.41, 5.74) is 1.46. The molecule has 10 heteroatoms. The van der Waals surface area contributed by atoms with Crippen LogP contribution < -0.4 is 5.32 Å². The van der Waals surface area contributed by atoms with Crippen LogP contribution in [0.3, 0.4) is 0 Å². The van der Waals surface area contributed by atoms with E-state index in [1.807, 2.05) is 11.5 Å². The number of hydrogen-bond donors (Lipinski definition) is 1. The predicted octanol–water partition coefficient (Wildman–Crippen LogP) is 3.68. The quantitative estimate of drug-likeness (QED) is 0.326. The molecule has 3 rings (SSSR count). The molecule has 0 aliphatic rings. The molecule has 0 unspecified atom stereocenters. The Balaban J connectivity index is 1.53. The molecule has 0 saturated heterocycles. The van der Waals surface area contributed by atoms with Gasteiger partial charge in [-0.05, 0) is 61.6 Å². The molecule has 0 spiro atoms. The van der Waals surface area contributed by atoms with E-state index in [0.29, 0.717) is 31.4 Å². The van der Waals surface area contributed by atoms with Gasteiger partial charge in [0.05, 0.1) is 15.9 Å². The molecule has 0 bridgehead atoms. The molecule has 33 heavy (non-hydrogen) atoms. The number of amides is 1. The van der Waals surface area contributed by atoms with Crippen LogP contribution in [0.25, 0.3) is 11.0 Å². The van der Waals surface area contributed by atoms with Gasteiger partial charge in [0, 0.05) is 44.9 Å². The van der Waals surface area contributed by atoms with Crippen molar-refractivity contribution in [2.75, 3.05) is 26.4 Å². The monoisotopic (exact) mass is 492 g/mol. The second kappa shape index (κ2) is 11.1. The fourth-order valence-electron chi connectivity index (χ4n) is 3.41. The summed E-state index contributed by atoms with van der Waals surface area (Å²) in [7, 11) is -0.546. The average molecular weight is 493 g/mol. The van der Waals surface area contributed by atoms with Gasteiger partial charge in [-0.2, -0.15) is 0 Å². The lowest BCUT2D eigenvalue weighted by Crippen LogP contribution is -2.25. The molecule has 0 aliphatic heterocycles. The van der Waals surface area contributed by atoms with Crippen LogP contribution in [-0.4, -0.2) is 54.6 Å². The number of fused-ring (bicyclic) bond motifs is 1. The molecule has 0 fully saturated rings. The van der Waals surface area contributed by atoms with Crippen molar-refractivity contribution in [3.05, 3.63) is 54.1 Å². The topological polar surface area (TPSA) is 84.3 Å². The molecule has 1 N–H and O–H groups in total. The fraction of sp³-hybridized carbons (Fsp3) is 0.391. The SMILES string of the molecule is CCn1c(CCC(=O)NCCCSc2ccc(F)cc2)nc2cc(S(=O)(=O)N(C)C)ccc21. The highest BCUT2D eigenvalue weighted by molar-refractivity contribution is 7.99. The number of aryl methyl sites for hydroxylation is 2. The van der Waals surface area contributed by atoms with Crippen molar-refractivity contribution in [1.29, 1.82) is 0 Å². The van der Waals surface area contributed by atoms with Gasteiger partial charge >= 0.3 is 0 Å². The van der Waals surface area contributed by atoms with Gasteiger partial charge in [-0.3, -0.25) is 4.79 Å². The summed E-state index contributed by atoms with van der Waals surface area (Å²) in [6.07, 6.45) is 1.58. The number of hydrogen-bond acceptors (Lipinski definition) is 5. The van der Waals surface area contributed by atoms with Crippen LogP contribution >= 0.6 is 11.8 Å². The summed E-state index contributed by atoms with van der Waals surface area (Å²) >= 11 is 1.63. The minimum absolute atomic E-state index is 0.0487.